The Morgan fingerprint density at radius 1 is 1.18 bits per heavy atom. The van der Waals surface area contributed by atoms with Gasteiger partial charge in [-0.1, -0.05) is 42.5 Å². The van der Waals surface area contributed by atoms with E-state index < -0.39 is 7.37 Å². The van der Waals surface area contributed by atoms with E-state index in [1.54, 1.807) is 12.2 Å². The molecule has 0 aliphatic carbocycles. The zero-order valence-electron chi connectivity index (χ0n) is 10.0. The van der Waals surface area contributed by atoms with Gasteiger partial charge in [0.05, 0.1) is 6.61 Å². The van der Waals surface area contributed by atoms with E-state index >= 15 is 0 Å². The van der Waals surface area contributed by atoms with Gasteiger partial charge >= 0.3 is 0 Å². The quantitative estimate of drug-likeness (QED) is 0.509. The van der Waals surface area contributed by atoms with Gasteiger partial charge in [-0.15, -0.1) is 13.2 Å². The molecule has 92 valence electrons. The predicted octanol–water partition coefficient (Wildman–Crippen LogP) is 4.24. The fourth-order valence-corrected chi connectivity index (χ4v) is 3.23. The third-order valence-electron chi connectivity index (χ3n) is 2.39. The monoisotopic (exact) mass is 250 g/mol. The van der Waals surface area contributed by atoms with Crippen molar-refractivity contribution in [1.82, 2.24) is 0 Å². The highest BCUT2D eigenvalue weighted by atomic mass is 31.2. The molecule has 0 heterocycles. The molecule has 17 heavy (non-hydrogen) atoms. The molecule has 0 fully saturated rings. The second-order valence-electron chi connectivity index (χ2n) is 3.85. The van der Waals surface area contributed by atoms with Gasteiger partial charge in [0.1, 0.15) is 0 Å². The summed E-state index contributed by atoms with van der Waals surface area (Å²) in [6.45, 7) is 7.66. The highest BCUT2D eigenvalue weighted by Gasteiger charge is 2.20. The molecule has 1 atom stereocenters. The van der Waals surface area contributed by atoms with Crippen LogP contribution in [-0.4, -0.2) is 12.3 Å². The molecule has 2 nitrogen and oxygen atoms in total. The lowest BCUT2D eigenvalue weighted by molar-refractivity contribution is 0.304. The topological polar surface area (TPSA) is 26.3 Å². The Kier molecular flexibility index (Phi) is 5.96. The molecule has 0 amide bonds. The van der Waals surface area contributed by atoms with Crippen LogP contribution in [0.15, 0.2) is 55.6 Å². The van der Waals surface area contributed by atoms with Gasteiger partial charge in [-0.25, -0.2) is 0 Å². The summed E-state index contributed by atoms with van der Waals surface area (Å²) in [6, 6.07) is 9.77. The van der Waals surface area contributed by atoms with Gasteiger partial charge in [-0.2, -0.15) is 0 Å². The lowest BCUT2D eigenvalue weighted by Gasteiger charge is -2.16. The first-order valence-electron chi connectivity index (χ1n) is 5.68. The minimum atomic E-state index is -2.59. The number of hydrogen-bond acceptors (Lipinski definition) is 2. The van der Waals surface area contributed by atoms with Crippen molar-refractivity contribution in [2.24, 2.45) is 0 Å². The van der Waals surface area contributed by atoms with Crippen molar-refractivity contribution < 1.29 is 9.09 Å². The third kappa shape index (κ3) is 5.16. The third-order valence-corrected chi connectivity index (χ3v) is 4.74. The van der Waals surface area contributed by atoms with Crippen molar-refractivity contribution in [2.75, 3.05) is 12.3 Å². The molecule has 0 aliphatic heterocycles. The van der Waals surface area contributed by atoms with E-state index in [0.29, 0.717) is 25.4 Å². The molecule has 0 spiro atoms. The van der Waals surface area contributed by atoms with E-state index in [9.17, 15) is 4.57 Å². The summed E-state index contributed by atoms with van der Waals surface area (Å²) in [7, 11) is -2.59. The standard InChI is InChI=1S/C14H19O2P/c1-3-5-12-17(15,11-4-2)16-13-14-9-7-6-8-10-14/h3-4,6-10H,1-2,5,11-13H2. The van der Waals surface area contributed by atoms with Crippen LogP contribution in [0.4, 0.5) is 0 Å². The van der Waals surface area contributed by atoms with Crippen LogP contribution in [0.1, 0.15) is 12.0 Å². The van der Waals surface area contributed by atoms with Gasteiger partial charge in [-0.3, -0.25) is 4.57 Å². The van der Waals surface area contributed by atoms with Gasteiger partial charge < -0.3 is 4.52 Å². The lowest BCUT2D eigenvalue weighted by atomic mass is 10.2. The van der Waals surface area contributed by atoms with E-state index in [1.165, 1.54) is 0 Å². The van der Waals surface area contributed by atoms with E-state index in [0.717, 1.165) is 5.56 Å². The molecular weight excluding hydrogens is 231 g/mol. The highest BCUT2D eigenvalue weighted by molar-refractivity contribution is 7.59. The molecular formula is C14H19O2P. The normalized spacial score (nSPS) is 13.9. The van der Waals surface area contributed by atoms with Crippen molar-refractivity contribution in [1.29, 1.82) is 0 Å². The molecule has 1 unspecified atom stereocenters. The Morgan fingerprint density at radius 3 is 2.47 bits per heavy atom. The van der Waals surface area contributed by atoms with Crippen LogP contribution in [0, 0.1) is 0 Å². The van der Waals surface area contributed by atoms with Crippen molar-refractivity contribution >= 4 is 7.37 Å². The molecule has 1 rings (SSSR count). The fourth-order valence-electron chi connectivity index (χ4n) is 1.46. The Hall–Kier alpha value is -1.11. The van der Waals surface area contributed by atoms with Crippen LogP contribution in [0.5, 0.6) is 0 Å². The van der Waals surface area contributed by atoms with Gasteiger partial charge in [0.2, 0.25) is 7.37 Å². The Bertz CT molecular complexity index is 398. The van der Waals surface area contributed by atoms with Crippen molar-refractivity contribution in [2.45, 2.75) is 13.0 Å². The summed E-state index contributed by atoms with van der Waals surface area (Å²) in [6.07, 6.45) is 5.10. The van der Waals surface area contributed by atoms with Gasteiger partial charge in [0.25, 0.3) is 0 Å². The van der Waals surface area contributed by atoms with Crippen LogP contribution in [0.25, 0.3) is 0 Å². The average Bonchev–Trinajstić information content (AvgIpc) is 2.36. The summed E-state index contributed by atoms with van der Waals surface area (Å²) in [5, 5.41) is 0. The van der Waals surface area contributed by atoms with E-state index in [2.05, 4.69) is 13.2 Å². The largest absolute Gasteiger partial charge is 0.323 e. The molecule has 3 heteroatoms. The number of allylic oxidation sites excluding steroid dienone is 2. The van der Waals surface area contributed by atoms with Crippen LogP contribution >= 0.6 is 7.37 Å². The van der Waals surface area contributed by atoms with Gasteiger partial charge in [-0.05, 0) is 12.0 Å². The minimum Gasteiger partial charge on any atom is -0.323 e. The lowest BCUT2D eigenvalue weighted by Crippen LogP contribution is -1.99. The molecule has 0 saturated heterocycles. The summed E-state index contributed by atoms with van der Waals surface area (Å²) >= 11 is 0. The average molecular weight is 250 g/mol. The number of hydrogen-bond donors (Lipinski definition) is 0. The zero-order chi connectivity index (χ0) is 12.6. The first-order chi connectivity index (χ1) is 8.20. The zero-order valence-corrected chi connectivity index (χ0v) is 10.9. The van der Waals surface area contributed by atoms with Crippen molar-refractivity contribution in [3.8, 4) is 0 Å². The summed E-state index contributed by atoms with van der Waals surface area (Å²) in [5.41, 5.74) is 1.04. The van der Waals surface area contributed by atoms with Gasteiger partial charge in [0, 0.05) is 12.3 Å². The summed E-state index contributed by atoms with van der Waals surface area (Å²) in [4.78, 5) is 0. The molecule has 0 N–H and O–H groups in total. The summed E-state index contributed by atoms with van der Waals surface area (Å²) in [5.74, 6) is 0. The molecule has 0 bridgehead atoms. The first kappa shape index (κ1) is 14.0. The van der Waals surface area contributed by atoms with Crippen LogP contribution in [0.2, 0.25) is 0 Å². The van der Waals surface area contributed by atoms with Crippen LogP contribution in [0.3, 0.4) is 0 Å². The van der Waals surface area contributed by atoms with E-state index in [4.69, 9.17) is 4.52 Å². The fraction of sp³-hybridized carbons (Fsp3) is 0.286. The first-order valence-corrected chi connectivity index (χ1v) is 7.68. The molecule has 1 aromatic rings. The number of rotatable bonds is 8. The smallest absolute Gasteiger partial charge is 0.207 e. The molecule has 0 aromatic heterocycles. The van der Waals surface area contributed by atoms with E-state index in [-0.39, 0.29) is 0 Å². The van der Waals surface area contributed by atoms with Gasteiger partial charge in [0.15, 0.2) is 0 Å². The predicted molar refractivity (Wildman–Crippen MR) is 73.6 cm³/mol. The second-order valence-corrected chi connectivity index (χ2v) is 6.55. The maximum absolute atomic E-state index is 12.4. The van der Waals surface area contributed by atoms with E-state index in [1.807, 2.05) is 30.3 Å². The molecule has 0 aliphatic rings. The molecule has 0 saturated carbocycles. The van der Waals surface area contributed by atoms with Crippen molar-refractivity contribution in [3.05, 3.63) is 61.2 Å². The number of benzene rings is 1. The Morgan fingerprint density at radius 2 is 1.88 bits per heavy atom. The van der Waals surface area contributed by atoms with Crippen molar-refractivity contribution in [3.63, 3.8) is 0 Å². The molecule has 1 aromatic carbocycles. The highest BCUT2D eigenvalue weighted by Crippen LogP contribution is 2.48. The maximum Gasteiger partial charge on any atom is 0.207 e. The van der Waals surface area contributed by atoms with Crippen LogP contribution in [-0.2, 0) is 15.7 Å². The van der Waals surface area contributed by atoms with Crippen LogP contribution < -0.4 is 0 Å². The Labute approximate surface area is 103 Å². The Balaban J connectivity index is 2.57. The minimum absolute atomic E-state index is 0.392. The summed E-state index contributed by atoms with van der Waals surface area (Å²) < 4.78 is 18.0. The molecule has 0 radical (unpaired) electrons. The maximum atomic E-state index is 12.4. The SMILES string of the molecule is C=CCCP(=O)(CC=C)OCc1ccccc1. The second kappa shape index (κ2) is 7.26.